The van der Waals surface area contributed by atoms with E-state index in [4.69, 9.17) is 21.8 Å². The second-order valence-corrected chi connectivity index (χ2v) is 8.07. The van der Waals surface area contributed by atoms with Gasteiger partial charge in [-0.2, -0.15) is 0 Å². The van der Waals surface area contributed by atoms with E-state index in [1.54, 1.807) is 23.5 Å². The van der Waals surface area contributed by atoms with Gasteiger partial charge in [0.15, 0.2) is 11.7 Å². The summed E-state index contributed by atoms with van der Waals surface area (Å²) in [5.74, 6) is 1.06. The third-order valence-corrected chi connectivity index (χ3v) is 5.52. The number of aliphatic imine (C=N–C) groups is 1. The SMILES string of the molecule is CCNC(=NCc1ccc(C(N)=O)o1)N1CCN(Cc2ccc(Cl)s2)CC1.I. The first kappa shape index (κ1) is 23.0. The quantitative estimate of drug-likeness (QED) is 0.336. The summed E-state index contributed by atoms with van der Waals surface area (Å²) >= 11 is 7.65. The second kappa shape index (κ2) is 11.0. The number of rotatable bonds is 6. The molecule has 3 N–H and O–H groups in total. The van der Waals surface area contributed by atoms with Crippen molar-refractivity contribution in [3.8, 4) is 0 Å². The van der Waals surface area contributed by atoms with E-state index >= 15 is 0 Å². The van der Waals surface area contributed by atoms with Crippen LogP contribution in [-0.4, -0.2) is 54.4 Å². The van der Waals surface area contributed by atoms with Crippen LogP contribution in [-0.2, 0) is 13.1 Å². The van der Waals surface area contributed by atoms with Gasteiger partial charge in [0.2, 0.25) is 0 Å². The maximum atomic E-state index is 11.1. The highest BCUT2D eigenvalue weighted by Gasteiger charge is 2.20. The number of guanidine groups is 1. The summed E-state index contributed by atoms with van der Waals surface area (Å²) in [4.78, 5) is 21.7. The molecule has 3 rings (SSSR count). The van der Waals surface area contributed by atoms with Crippen molar-refractivity contribution in [1.29, 1.82) is 0 Å². The third-order valence-electron chi connectivity index (χ3n) is 4.30. The molecule has 0 radical (unpaired) electrons. The van der Waals surface area contributed by atoms with E-state index in [2.05, 4.69) is 26.2 Å². The first-order valence-corrected chi connectivity index (χ1v) is 10.1. The molecule has 7 nitrogen and oxygen atoms in total. The number of primary amides is 1. The standard InChI is InChI=1S/C18H24ClN5O2S.HI/c1-2-21-18(22-11-13-3-5-15(26-13)17(20)25)24-9-7-23(8-10-24)12-14-4-6-16(19)27-14;/h3-6H,2,7-12H2,1H3,(H2,20,25)(H,21,22);1H. The molecule has 0 spiro atoms. The van der Waals surface area contributed by atoms with Gasteiger partial charge in [0, 0.05) is 44.1 Å². The summed E-state index contributed by atoms with van der Waals surface area (Å²) in [6.07, 6.45) is 0. The summed E-state index contributed by atoms with van der Waals surface area (Å²) in [5, 5.41) is 3.33. The predicted octanol–water partition coefficient (Wildman–Crippen LogP) is 2.99. The molecule has 1 saturated heterocycles. The Bertz CT molecular complexity index is 802. The normalized spacial score (nSPS) is 15.4. The Morgan fingerprint density at radius 3 is 2.61 bits per heavy atom. The average molecular weight is 538 g/mol. The van der Waals surface area contributed by atoms with Gasteiger partial charge < -0.3 is 20.4 Å². The van der Waals surface area contributed by atoms with E-state index in [0.29, 0.717) is 12.3 Å². The number of hydrogen-bond acceptors (Lipinski definition) is 5. The first-order chi connectivity index (χ1) is 13.0. The lowest BCUT2D eigenvalue weighted by molar-refractivity contribution is 0.0972. The molecule has 10 heteroatoms. The zero-order valence-corrected chi connectivity index (χ0v) is 19.6. The van der Waals surface area contributed by atoms with Crippen LogP contribution in [0, 0.1) is 0 Å². The molecule has 0 aromatic carbocycles. The van der Waals surface area contributed by atoms with Gasteiger partial charge in [-0.15, -0.1) is 35.3 Å². The highest BCUT2D eigenvalue weighted by molar-refractivity contribution is 14.0. The fraction of sp³-hybridized carbons (Fsp3) is 0.444. The van der Waals surface area contributed by atoms with Crippen molar-refractivity contribution in [2.75, 3.05) is 32.7 Å². The van der Waals surface area contributed by atoms with Crippen molar-refractivity contribution < 1.29 is 9.21 Å². The summed E-state index contributed by atoms with van der Waals surface area (Å²) < 4.78 is 6.24. The fourth-order valence-electron chi connectivity index (χ4n) is 2.95. The molecule has 1 aliphatic rings. The number of nitrogens with one attached hydrogen (secondary N) is 1. The molecule has 154 valence electrons. The van der Waals surface area contributed by atoms with Gasteiger partial charge in [-0.05, 0) is 31.2 Å². The van der Waals surface area contributed by atoms with Crippen molar-refractivity contribution in [2.24, 2.45) is 10.7 Å². The average Bonchev–Trinajstić information content (AvgIpc) is 3.28. The Morgan fingerprint density at radius 2 is 2.04 bits per heavy atom. The Hall–Kier alpha value is -1.30. The van der Waals surface area contributed by atoms with Crippen LogP contribution in [0.5, 0.6) is 0 Å². The molecule has 0 atom stereocenters. The molecule has 1 amide bonds. The predicted molar refractivity (Wildman–Crippen MR) is 124 cm³/mol. The Kier molecular flexibility index (Phi) is 9.06. The van der Waals surface area contributed by atoms with Crippen LogP contribution < -0.4 is 11.1 Å². The van der Waals surface area contributed by atoms with E-state index in [1.807, 2.05) is 13.0 Å². The first-order valence-electron chi connectivity index (χ1n) is 8.93. The number of thiophene rings is 1. The van der Waals surface area contributed by atoms with Crippen LogP contribution in [0.25, 0.3) is 0 Å². The number of hydrogen-bond donors (Lipinski definition) is 2. The highest BCUT2D eigenvalue weighted by atomic mass is 127. The molecular weight excluding hydrogens is 513 g/mol. The maximum Gasteiger partial charge on any atom is 0.284 e. The lowest BCUT2D eigenvalue weighted by atomic mass is 10.3. The van der Waals surface area contributed by atoms with E-state index in [0.717, 1.165) is 49.6 Å². The highest BCUT2D eigenvalue weighted by Crippen LogP contribution is 2.23. The summed E-state index contributed by atoms with van der Waals surface area (Å²) in [6, 6.07) is 7.35. The van der Waals surface area contributed by atoms with E-state index < -0.39 is 5.91 Å². The lowest BCUT2D eigenvalue weighted by Gasteiger charge is -2.36. The minimum atomic E-state index is -0.569. The Morgan fingerprint density at radius 1 is 1.29 bits per heavy atom. The number of nitrogens with two attached hydrogens (primary N) is 1. The fourth-order valence-corrected chi connectivity index (χ4v) is 4.08. The van der Waals surface area contributed by atoms with Crippen LogP contribution in [0.4, 0.5) is 0 Å². The zero-order valence-electron chi connectivity index (χ0n) is 15.7. The van der Waals surface area contributed by atoms with Gasteiger partial charge in [-0.25, -0.2) is 4.99 Å². The van der Waals surface area contributed by atoms with Gasteiger partial charge in [0.25, 0.3) is 5.91 Å². The lowest BCUT2D eigenvalue weighted by Crippen LogP contribution is -2.52. The molecule has 2 aromatic rings. The summed E-state index contributed by atoms with van der Waals surface area (Å²) in [6.45, 7) is 7.86. The maximum absolute atomic E-state index is 11.1. The van der Waals surface area contributed by atoms with E-state index in [-0.39, 0.29) is 29.7 Å². The molecule has 0 aliphatic carbocycles. The van der Waals surface area contributed by atoms with Gasteiger partial charge in [0.05, 0.1) is 4.34 Å². The molecule has 0 bridgehead atoms. The number of carbonyl (C=O) groups excluding carboxylic acids is 1. The van der Waals surface area contributed by atoms with Crippen LogP contribution in [0.15, 0.2) is 33.7 Å². The minimum absolute atomic E-state index is 0. The van der Waals surface area contributed by atoms with Gasteiger partial charge in [-0.3, -0.25) is 9.69 Å². The van der Waals surface area contributed by atoms with Gasteiger partial charge >= 0.3 is 0 Å². The zero-order chi connectivity index (χ0) is 19.2. The van der Waals surface area contributed by atoms with Gasteiger partial charge in [-0.1, -0.05) is 11.6 Å². The summed E-state index contributed by atoms with van der Waals surface area (Å²) in [5.41, 5.74) is 5.22. The largest absolute Gasteiger partial charge is 0.454 e. The molecule has 3 heterocycles. The molecule has 0 saturated carbocycles. The molecule has 0 unspecified atom stereocenters. The Labute approximate surface area is 190 Å². The van der Waals surface area contributed by atoms with E-state index in [9.17, 15) is 4.79 Å². The van der Waals surface area contributed by atoms with Crippen molar-refractivity contribution >= 4 is 58.8 Å². The van der Waals surface area contributed by atoms with Crippen LogP contribution >= 0.6 is 46.9 Å². The van der Waals surface area contributed by atoms with Crippen molar-refractivity contribution in [3.63, 3.8) is 0 Å². The molecule has 1 fully saturated rings. The van der Waals surface area contributed by atoms with Crippen LogP contribution in [0.1, 0.15) is 28.1 Å². The number of piperazine rings is 1. The van der Waals surface area contributed by atoms with E-state index in [1.165, 1.54) is 4.88 Å². The monoisotopic (exact) mass is 537 g/mol. The van der Waals surface area contributed by atoms with Crippen molar-refractivity contribution in [2.45, 2.75) is 20.0 Å². The molecule has 1 aliphatic heterocycles. The number of nitrogens with zero attached hydrogens (tertiary/aromatic N) is 3. The molecule has 28 heavy (non-hydrogen) atoms. The van der Waals surface area contributed by atoms with Gasteiger partial charge in [0.1, 0.15) is 12.3 Å². The smallest absolute Gasteiger partial charge is 0.284 e. The molecular formula is C18H25ClIN5O2S. The summed E-state index contributed by atoms with van der Waals surface area (Å²) in [7, 11) is 0. The van der Waals surface area contributed by atoms with Crippen molar-refractivity contribution in [3.05, 3.63) is 45.0 Å². The van der Waals surface area contributed by atoms with Crippen molar-refractivity contribution in [1.82, 2.24) is 15.1 Å². The number of halogens is 2. The number of furan rings is 1. The van der Waals surface area contributed by atoms with Crippen LogP contribution in [0.2, 0.25) is 4.34 Å². The molecule has 2 aromatic heterocycles. The van der Waals surface area contributed by atoms with Crippen LogP contribution in [0.3, 0.4) is 0 Å². The topological polar surface area (TPSA) is 87.1 Å². The minimum Gasteiger partial charge on any atom is -0.454 e. The third kappa shape index (κ3) is 6.36. The number of amides is 1. The Balaban J connectivity index is 0.00000280. The second-order valence-electron chi connectivity index (χ2n) is 6.27. The number of carbonyl (C=O) groups is 1.